The summed E-state index contributed by atoms with van der Waals surface area (Å²) in [5.41, 5.74) is 3.00. The van der Waals surface area contributed by atoms with Crippen molar-refractivity contribution in [1.82, 2.24) is 10.3 Å². The standard InChI is InChI=1S/C18H15FN2OS/c1-12-21-17(11-23-12)14-8-6-13(7-9-14)10-20-18(22)15-4-2-3-5-16(15)19/h2-9,11H,10H2,1H3,(H,20,22). The van der Waals surface area contributed by atoms with E-state index in [1.165, 1.54) is 12.1 Å². The summed E-state index contributed by atoms with van der Waals surface area (Å²) in [7, 11) is 0. The van der Waals surface area contributed by atoms with Crippen molar-refractivity contribution in [3.63, 3.8) is 0 Å². The molecular weight excluding hydrogens is 311 g/mol. The fourth-order valence-electron chi connectivity index (χ4n) is 2.21. The first-order chi connectivity index (χ1) is 11.1. The molecule has 0 bridgehead atoms. The van der Waals surface area contributed by atoms with E-state index in [-0.39, 0.29) is 5.56 Å². The minimum atomic E-state index is -0.515. The summed E-state index contributed by atoms with van der Waals surface area (Å²) >= 11 is 1.61. The van der Waals surface area contributed by atoms with Crippen molar-refractivity contribution >= 4 is 17.2 Å². The number of rotatable bonds is 4. The van der Waals surface area contributed by atoms with Gasteiger partial charge in [-0.25, -0.2) is 9.37 Å². The second-order valence-corrected chi connectivity index (χ2v) is 6.17. The molecule has 0 aliphatic heterocycles. The Morgan fingerprint density at radius 2 is 1.91 bits per heavy atom. The lowest BCUT2D eigenvalue weighted by atomic mass is 10.1. The molecule has 0 unspecified atom stereocenters. The molecule has 0 aliphatic rings. The van der Waals surface area contributed by atoms with E-state index in [0.29, 0.717) is 6.54 Å². The second-order valence-electron chi connectivity index (χ2n) is 5.11. The molecule has 2 aromatic carbocycles. The number of thiazole rings is 1. The summed E-state index contributed by atoms with van der Waals surface area (Å²) in [4.78, 5) is 16.4. The molecule has 0 atom stereocenters. The maximum absolute atomic E-state index is 13.5. The summed E-state index contributed by atoms with van der Waals surface area (Å²) in [5, 5.41) is 5.77. The Hall–Kier alpha value is -2.53. The average molecular weight is 326 g/mol. The number of nitrogens with one attached hydrogen (secondary N) is 1. The third-order valence-corrected chi connectivity index (χ3v) is 4.21. The molecule has 116 valence electrons. The fraction of sp³-hybridized carbons (Fsp3) is 0.111. The number of benzene rings is 2. The maximum atomic E-state index is 13.5. The number of hydrogen-bond donors (Lipinski definition) is 1. The van der Waals surface area contributed by atoms with Gasteiger partial charge in [0.25, 0.3) is 5.91 Å². The summed E-state index contributed by atoms with van der Waals surface area (Å²) in [6.07, 6.45) is 0. The summed E-state index contributed by atoms with van der Waals surface area (Å²) in [5.74, 6) is -0.929. The molecule has 1 aromatic heterocycles. The highest BCUT2D eigenvalue weighted by Gasteiger charge is 2.10. The zero-order valence-electron chi connectivity index (χ0n) is 12.5. The van der Waals surface area contributed by atoms with Gasteiger partial charge in [0, 0.05) is 17.5 Å². The van der Waals surface area contributed by atoms with Gasteiger partial charge in [-0.15, -0.1) is 11.3 Å². The van der Waals surface area contributed by atoms with Gasteiger partial charge in [-0.3, -0.25) is 4.79 Å². The van der Waals surface area contributed by atoms with E-state index in [2.05, 4.69) is 10.3 Å². The Morgan fingerprint density at radius 1 is 1.17 bits per heavy atom. The Labute approximate surface area is 137 Å². The van der Waals surface area contributed by atoms with Crippen molar-refractivity contribution < 1.29 is 9.18 Å². The van der Waals surface area contributed by atoms with Crippen LogP contribution in [0.15, 0.2) is 53.9 Å². The molecule has 1 amide bonds. The van der Waals surface area contributed by atoms with Crippen LogP contribution in [0.1, 0.15) is 20.9 Å². The first-order valence-corrected chi connectivity index (χ1v) is 8.05. The van der Waals surface area contributed by atoms with Crippen LogP contribution < -0.4 is 5.32 Å². The van der Waals surface area contributed by atoms with Gasteiger partial charge in [-0.2, -0.15) is 0 Å². The van der Waals surface area contributed by atoms with Gasteiger partial charge in [-0.05, 0) is 24.6 Å². The van der Waals surface area contributed by atoms with E-state index < -0.39 is 11.7 Å². The van der Waals surface area contributed by atoms with Crippen LogP contribution in [0.25, 0.3) is 11.3 Å². The van der Waals surface area contributed by atoms with E-state index in [0.717, 1.165) is 21.8 Å². The van der Waals surface area contributed by atoms with E-state index in [4.69, 9.17) is 0 Å². The number of hydrogen-bond acceptors (Lipinski definition) is 3. The Bertz CT molecular complexity index is 827. The predicted octanol–water partition coefficient (Wildman–Crippen LogP) is 4.19. The van der Waals surface area contributed by atoms with E-state index in [9.17, 15) is 9.18 Å². The van der Waals surface area contributed by atoms with Crippen LogP contribution in [0, 0.1) is 12.7 Å². The van der Waals surface area contributed by atoms with Crippen LogP contribution >= 0.6 is 11.3 Å². The Morgan fingerprint density at radius 3 is 2.57 bits per heavy atom. The number of halogens is 1. The molecule has 0 radical (unpaired) electrons. The second kappa shape index (κ2) is 6.71. The monoisotopic (exact) mass is 326 g/mol. The van der Waals surface area contributed by atoms with E-state index in [1.807, 2.05) is 36.6 Å². The molecule has 0 saturated carbocycles. The fourth-order valence-corrected chi connectivity index (χ4v) is 2.83. The highest BCUT2D eigenvalue weighted by atomic mass is 32.1. The largest absolute Gasteiger partial charge is 0.348 e. The molecule has 3 nitrogen and oxygen atoms in total. The quantitative estimate of drug-likeness (QED) is 0.781. The number of aryl methyl sites for hydroxylation is 1. The number of nitrogens with zero attached hydrogens (tertiary/aromatic N) is 1. The molecule has 0 spiro atoms. The van der Waals surface area contributed by atoms with Gasteiger partial charge in [-0.1, -0.05) is 36.4 Å². The van der Waals surface area contributed by atoms with Crippen LogP contribution in [0.5, 0.6) is 0 Å². The molecule has 0 aliphatic carbocycles. The zero-order valence-corrected chi connectivity index (χ0v) is 13.4. The Kier molecular flexibility index (Phi) is 4.48. The van der Waals surface area contributed by atoms with Gasteiger partial charge < -0.3 is 5.32 Å². The van der Waals surface area contributed by atoms with Gasteiger partial charge >= 0.3 is 0 Å². The SMILES string of the molecule is Cc1nc(-c2ccc(CNC(=O)c3ccccc3F)cc2)cs1. The number of amides is 1. The van der Waals surface area contributed by atoms with E-state index in [1.54, 1.807) is 23.5 Å². The lowest BCUT2D eigenvalue weighted by Gasteiger charge is -2.07. The van der Waals surface area contributed by atoms with Crippen LogP contribution in [0.4, 0.5) is 4.39 Å². The Balaban J connectivity index is 1.65. The third-order valence-electron chi connectivity index (χ3n) is 3.44. The topological polar surface area (TPSA) is 42.0 Å². The van der Waals surface area contributed by atoms with Crippen LogP contribution in [0.2, 0.25) is 0 Å². The highest BCUT2D eigenvalue weighted by Crippen LogP contribution is 2.21. The third kappa shape index (κ3) is 3.63. The van der Waals surface area contributed by atoms with Crippen molar-refractivity contribution in [1.29, 1.82) is 0 Å². The summed E-state index contributed by atoms with van der Waals surface area (Å²) in [6, 6.07) is 13.8. The summed E-state index contributed by atoms with van der Waals surface area (Å²) in [6.45, 7) is 2.32. The van der Waals surface area contributed by atoms with E-state index >= 15 is 0 Å². The number of carbonyl (C=O) groups is 1. The highest BCUT2D eigenvalue weighted by molar-refractivity contribution is 7.09. The molecule has 5 heteroatoms. The lowest BCUT2D eigenvalue weighted by molar-refractivity contribution is 0.0947. The van der Waals surface area contributed by atoms with Gasteiger partial charge in [0.2, 0.25) is 0 Å². The van der Waals surface area contributed by atoms with Crippen LogP contribution in [0.3, 0.4) is 0 Å². The van der Waals surface area contributed by atoms with Gasteiger partial charge in [0.05, 0.1) is 16.3 Å². The molecule has 3 aromatic rings. The molecular formula is C18H15FN2OS. The molecule has 3 rings (SSSR count). The minimum absolute atomic E-state index is 0.0575. The first kappa shape index (κ1) is 15.4. The van der Waals surface area contributed by atoms with Crippen molar-refractivity contribution in [2.45, 2.75) is 13.5 Å². The normalized spacial score (nSPS) is 10.5. The van der Waals surface area contributed by atoms with Gasteiger partial charge in [0.15, 0.2) is 0 Å². The maximum Gasteiger partial charge on any atom is 0.254 e. The molecule has 1 heterocycles. The van der Waals surface area contributed by atoms with Crippen LogP contribution in [-0.4, -0.2) is 10.9 Å². The van der Waals surface area contributed by atoms with Crippen molar-refractivity contribution in [2.75, 3.05) is 0 Å². The molecule has 0 fully saturated rings. The van der Waals surface area contributed by atoms with Crippen molar-refractivity contribution in [3.8, 4) is 11.3 Å². The van der Waals surface area contributed by atoms with Crippen molar-refractivity contribution in [3.05, 3.63) is 75.9 Å². The minimum Gasteiger partial charge on any atom is -0.348 e. The number of carbonyl (C=O) groups excluding carboxylic acids is 1. The smallest absolute Gasteiger partial charge is 0.254 e. The lowest BCUT2D eigenvalue weighted by Crippen LogP contribution is -2.23. The molecule has 1 N–H and O–H groups in total. The van der Waals surface area contributed by atoms with Gasteiger partial charge in [0.1, 0.15) is 5.82 Å². The predicted molar refractivity (Wildman–Crippen MR) is 89.9 cm³/mol. The molecule has 0 saturated heterocycles. The first-order valence-electron chi connectivity index (χ1n) is 7.17. The zero-order chi connectivity index (χ0) is 16.2. The van der Waals surface area contributed by atoms with Crippen LogP contribution in [-0.2, 0) is 6.54 Å². The summed E-state index contributed by atoms with van der Waals surface area (Å²) < 4.78 is 13.5. The molecule has 23 heavy (non-hydrogen) atoms. The van der Waals surface area contributed by atoms with Crippen molar-refractivity contribution in [2.24, 2.45) is 0 Å². The average Bonchev–Trinajstić information content (AvgIpc) is 3.00. The number of aromatic nitrogens is 1.